The average Bonchev–Trinajstić information content (AvgIpc) is 2.73. The average molecular weight is 330 g/mol. The Bertz CT molecular complexity index is 499. The summed E-state index contributed by atoms with van der Waals surface area (Å²) in [5.41, 5.74) is 1.26. The molecule has 3 fully saturated rings. The normalized spacial score (nSPS) is 39.0. The Morgan fingerprint density at radius 1 is 1.30 bits per heavy atom. The van der Waals surface area contributed by atoms with Crippen LogP contribution in [0.25, 0.3) is 0 Å². The van der Waals surface area contributed by atoms with Gasteiger partial charge in [0.05, 0.1) is 8.67 Å². The Morgan fingerprint density at radius 2 is 2.00 bits per heavy atom. The Hall–Kier alpha value is 0.240. The van der Waals surface area contributed by atoms with Crippen LogP contribution in [-0.4, -0.2) is 6.54 Å². The van der Waals surface area contributed by atoms with E-state index in [1.807, 2.05) is 0 Å². The van der Waals surface area contributed by atoms with Crippen LogP contribution in [0.4, 0.5) is 0 Å². The van der Waals surface area contributed by atoms with E-state index in [0.29, 0.717) is 6.04 Å². The molecule has 1 nitrogen and oxygen atoms in total. The van der Waals surface area contributed by atoms with Crippen molar-refractivity contribution in [2.45, 2.75) is 38.6 Å². The van der Waals surface area contributed by atoms with Crippen molar-refractivity contribution in [3.63, 3.8) is 0 Å². The highest BCUT2D eigenvalue weighted by Gasteiger charge is 2.66. The van der Waals surface area contributed by atoms with Crippen LogP contribution in [0, 0.1) is 29.6 Å². The van der Waals surface area contributed by atoms with Crippen LogP contribution in [0.1, 0.15) is 44.2 Å². The molecule has 0 aromatic carbocycles. The van der Waals surface area contributed by atoms with E-state index in [2.05, 4.69) is 18.3 Å². The van der Waals surface area contributed by atoms with E-state index in [0.717, 1.165) is 44.8 Å². The first-order valence-electron chi connectivity index (χ1n) is 7.88. The summed E-state index contributed by atoms with van der Waals surface area (Å²) < 4.78 is 1.71. The van der Waals surface area contributed by atoms with Crippen molar-refractivity contribution in [2.24, 2.45) is 29.6 Å². The molecule has 4 rings (SSSR count). The van der Waals surface area contributed by atoms with Crippen LogP contribution < -0.4 is 5.32 Å². The molecule has 3 saturated carbocycles. The second-order valence-corrected chi connectivity index (χ2v) is 9.06. The molecule has 1 N–H and O–H groups in total. The topological polar surface area (TPSA) is 12.0 Å². The van der Waals surface area contributed by atoms with Crippen molar-refractivity contribution in [1.82, 2.24) is 5.32 Å². The van der Waals surface area contributed by atoms with E-state index in [4.69, 9.17) is 23.2 Å². The van der Waals surface area contributed by atoms with Crippen LogP contribution in [0.3, 0.4) is 0 Å². The number of hydrogen-bond donors (Lipinski definition) is 1. The first-order valence-corrected chi connectivity index (χ1v) is 9.46. The quantitative estimate of drug-likeness (QED) is 0.763. The fraction of sp³-hybridized carbons (Fsp3) is 0.750. The summed E-state index contributed by atoms with van der Waals surface area (Å²) in [6.07, 6.45) is 5.62. The fourth-order valence-electron chi connectivity index (χ4n) is 5.16. The van der Waals surface area contributed by atoms with Crippen LogP contribution >= 0.6 is 34.5 Å². The number of fused-ring (bicyclic) bond motifs is 5. The number of rotatable bonds is 5. The van der Waals surface area contributed by atoms with Gasteiger partial charge in [0, 0.05) is 11.6 Å². The summed E-state index contributed by atoms with van der Waals surface area (Å²) >= 11 is 14.1. The molecular formula is C16H21Cl2NS. The van der Waals surface area contributed by atoms with Gasteiger partial charge >= 0.3 is 0 Å². The number of thiophene rings is 1. The number of halogens is 2. The molecule has 5 atom stereocenters. The molecule has 1 aromatic heterocycles. The molecule has 0 aliphatic heterocycles. The maximum atomic E-state index is 6.43. The maximum Gasteiger partial charge on any atom is 0.0992 e. The largest absolute Gasteiger partial charge is 0.310 e. The van der Waals surface area contributed by atoms with Gasteiger partial charge in [0.25, 0.3) is 0 Å². The second kappa shape index (κ2) is 5.15. The van der Waals surface area contributed by atoms with Gasteiger partial charge in [0.15, 0.2) is 0 Å². The molecule has 0 saturated heterocycles. The smallest absolute Gasteiger partial charge is 0.0992 e. The zero-order valence-corrected chi connectivity index (χ0v) is 14.1. The molecule has 110 valence electrons. The van der Waals surface area contributed by atoms with E-state index in [9.17, 15) is 0 Å². The van der Waals surface area contributed by atoms with E-state index >= 15 is 0 Å². The van der Waals surface area contributed by atoms with E-state index in [1.54, 1.807) is 0 Å². The minimum atomic E-state index is 0.435. The first-order chi connectivity index (χ1) is 9.70. The monoisotopic (exact) mass is 329 g/mol. The van der Waals surface area contributed by atoms with Gasteiger partial charge in [-0.3, -0.25) is 0 Å². The lowest BCUT2D eigenvalue weighted by Gasteiger charge is -2.21. The van der Waals surface area contributed by atoms with Crippen molar-refractivity contribution in [3.05, 3.63) is 20.3 Å². The Morgan fingerprint density at radius 3 is 2.55 bits per heavy atom. The van der Waals surface area contributed by atoms with Crippen LogP contribution in [-0.2, 0) is 0 Å². The highest BCUT2D eigenvalue weighted by molar-refractivity contribution is 7.20. The standard InChI is InChI=1S/C16H21Cl2NS/c1-2-5-19-15(10-7-11(17)20-16(10)18)14-12-8-3-4-9(6-8)13(12)14/h7-9,12-15,19H,2-6H2,1H3. The molecule has 1 heterocycles. The van der Waals surface area contributed by atoms with Crippen LogP contribution in [0.15, 0.2) is 6.07 Å². The zero-order valence-electron chi connectivity index (χ0n) is 11.7. The minimum absolute atomic E-state index is 0.435. The number of hydrogen-bond acceptors (Lipinski definition) is 2. The lowest BCUT2D eigenvalue weighted by atomic mass is 9.94. The highest BCUT2D eigenvalue weighted by Crippen LogP contribution is 2.72. The van der Waals surface area contributed by atoms with E-state index in [1.165, 1.54) is 42.6 Å². The summed E-state index contributed by atoms with van der Waals surface area (Å²) in [6.45, 7) is 3.30. The second-order valence-electron chi connectivity index (χ2n) is 6.78. The molecule has 3 aliphatic carbocycles. The predicted octanol–water partition coefficient (Wildman–Crippen LogP) is 5.39. The van der Waals surface area contributed by atoms with Gasteiger partial charge in [0.1, 0.15) is 0 Å². The first kappa shape index (κ1) is 13.9. The van der Waals surface area contributed by atoms with Crippen molar-refractivity contribution in [3.8, 4) is 0 Å². The molecule has 0 radical (unpaired) electrons. The van der Waals surface area contributed by atoms with Crippen LogP contribution in [0.2, 0.25) is 8.67 Å². The molecule has 20 heavy (non-hydrogen) atoms. The van der Waals surface area contributed by atoms with Gasteiger partial charge < -0.3 is 5.32 Å². The van der Waals surface area contributed by atoms with Crippen molar-refractivity contribution < 1.29 is 0 Å². The maximum absolute atomic E-state index is 6.43. The summed E-state index contributed by atoms with van der Waals surface area (Å²) in [4.78, 5) is 0. The van der Waals surface area contributed by atoms with Gasteiger partial charge in [-0.15, -0.1) is 11.3 Å². The number of nitrogens with one attached hydrogen (secondary N) is 1. The third-order valence-electron chi connectivity index (χ3n) is 5.81. The lowest BCUT2D eigenvalue weighted by Crippen LogP contribution is -2.26. The van der Waals surface area contributed by atoms with Gasteiger partial charge in [-0.05, 0) is 67.9 Å². The van der Waals surface area contributed by atoms with E-state index < -0.39 is 0 Å². The van der Waals surface area contributed by atoms with Crippen molar-refractivity contribution in [2.75, 3.05) is 6.54 Å². The summed E-state index contributed by atoms with van der Waals surface area (Å²) in [5.74, 6) is 4.77. The molecule has 3 aliphatic rings. The van der Waals surface area contributed by atoms with Crippen molar-refractivity contribution in [1.29, 1.82) is 0 Å². The Balaban J connectivity index is 1.59. The Kier molecular flexibility index (Phi) is 3.58. The lowest BCUT2D eigenvalue weighted by molar-refractivity contribution is 0.371. The van der Waals surface area contributed by atoms with Crippen LogP contribution in [0.5, 0.6) is 0 Å². The van der Waals surface area contributed by atoms with E-state index in [-0.39, 0.29) is 0 Å². The molecule has 1 aromatic rings. The summed E-state index contributed by atoms with van der Waals surface area (Å²) in [5, 5.41) is 3.76. The molecule has 0 spiro atoms. The summed E-state index contributed by atoms with van der Waals surface area (Å²) in [6, 6.07) is 2.53. The third-order valence-corrected chi connectivity index (χ3v) is 7.33. The molecule has 5 unspecified atom stereocenters. The minimum Gasteiger partial charge on any atom is -0.310 e. The summed E-state index contributed by atoms with van der Waals surface area (Å²) in [7, 11) is 0. The molecular weight excluding hydrogens is 309 g/mol. The molecule has 0 amide bonds. The Labute approximate surface area is 135 Å². The van der Waals surface area contributed by atoms with Gasteiger partial charge in [-0.1, -0.05) is 30.1 Å². The fourth-order valence-corrected chi connectivity index (χ4v) is 6.71. The third kappa shape index (κ3) is 2.06. The SMILES string of the molecule is CCCNC(c1cc(Cl)sc1Cl)C1C2C3CCC(C3)C21. The van der Waals surface area contributed by atoms with Gasteiger partial charge in [0.2, 0.25) is 0 Å². The molecule has 4 heteroatoms. The van der Waals surface area contributed by atoms with Crippen molar-refractivity contribution >= 4 is 34.5 Å². The van der Waals surface area contributed by atoms with Gasteiger partial charge in [-0.2, -0.15) is 0 Å². The molecule has 2 bridgehead atoms. The zero-order chi connectivity index (χ0) is 13.9. The highest BCUT2D eigenvalue weighted by atomic mass is 35.5. The predicted molar refractivity (Wildman–Crippen MR) is 86.7 cm³/mol. The van der Waals surface area contributed by atoms with Gasteiger partial charge in [-0.25, -0.2) is 0 Å².